The molecule has 0 radical (unpaired) electrons. The van der Waals surface area contributed by atoms with Gasteiger partial charge in [-0.3, -0.25) is 9.69 Å². The average molecular weight is 410 g/mol. The predicted octanol–water partition coefficient (Wildman–Crippen LogP) is 4.99. The molecule has 0 saturated carbocycles. The van der Waals surface area contributed by atoms with Crippen LogP contribution in [0.1, 0.15) is 27.2 Å². The molecule has 0 atom stereocenters. The van der Waals surface area contributed by atoms with Gasteiger partial charge in [0, 0.05) is 6.54 Å². The van der Waals surface area contributed by atoms with Crippen LogP contribution in [0.25, 0.3) is 10.2 Å². The van der Waals surface area contributed by atoms with Crippen molar-refractivity contribution in [1.82, 2.24) is 9.88 Å². The first-order valence-electron chi connectivity index (χ1n) is 8.33. The molecule has 3 aromatic rings. The SMILES string of the molecule is Cc1cc2nc(N(CCCN(C)C)C(=O)c3cccs3)sc2cc1C.Cl. The van der Waals surface area contributed by atoms with Gasteiger partial charge in [-0.05, 0) is 75.6 Å². The molecule has 4 nitrogen and oxygen atoms in total. The van der Waals surface area contributed by atoms with Crippen molar-refractivity contribution >= 4 is 56.3 Å². The van der Waals surface area contributed by atoms with Crippen LogP contribution < -0.4 is 4.90 Å². The molecular weight excluding hydrogens is 386 g/mol. The Balaban J connectivity index is 0.00000243. The van der Waals surface area contributed by atoms with Gasteiger partial charge in [0.25, 0.3) is 5.91 Å². The lowest BCUT2D eigenvalue weighted by Crippen LogP contribution is -2.32. The van der Waals surface area contributed by atoms with Gasteiger partial charge < -0.3 is 4.90 Å². The normalized spacial score (nSPS) is 11.0. The number of hydrogen-bond donors (Lipinski definition) is 0. The Kier molecular flexibility index (Phi) is 7.17. The van der Waals surface area contributed by atoms with Crippen molar-refractivity contribution in [1.29, 1.82) is 0 Å². The van der Waals surface area contributed by atoms with Crippen LogP contribution in [0.4, 0.5) is 5.13 Å². The third-order valence-corrected chi connectivity index (χ3v) is 6.09. The van der Waals surface area contributed by atoms with Crippen LogP contribution in [-0.2, 0) is 0 Å². The molecule has 7 heteroatoms. The molecule has 0 aliphatic carbocycles. The molecule has 0 fully saturated rings. The average Bonchev–Trinajstić information content (AvgIpc) is 3.21. The standard InChI is InChI=1S/C19H23N3OS2.ClH/c1-13-11-15-17(12-14(13)2)25-19(20-15)22(9-6-8-21(3)4)18(23)16-7-5-10-24-16;/h5,7,10-12H,6,8-9H2,1-4H3;1H. The quantitative estimate of drug-likeness (QED) is 0.575. The van der Waals surface area contributed by atoms with Crippen molar-refractivity contribution in [2.24, 2.45) is 0 Å². The lowest BCUT2D eigenvalue weighted by Gasteiger charge is -2.20. The first kappa shape index (κ1) is 20.8. The highest BCUT2D eigenvalue weighted by atomic mass is 35.5. The van der Waals surface area contributed by atoms with Gasteiger partial charge in [-0.15, -0.1) is 23.7 Å². The summed E-state index contributed by atoms with van der Waals surface area (Å²) in [7, 11) is 4.10. The number of hydrogen-bond acceptors (Lipinski definition) is 5. The number of amides is 1. The Labute approximate surface area is 168 Å². The van der Waals surface area contributed by atoms with Gasteiger partial charge in [-0.25, -0.2) is 4.98 Å². The van der Waals surface area contributed by atoms with Gasteiger partial charge in [0.05, 0.1) is 15.1 Å². The van der Waals surface area contributed by atoms with E-state index in [4.69, 9.17) is 4.98 Å². The Morgan fingerprint density at radius 2 is 1.88 bits per heavy atom. The molecule has 2 aromatic heterocycles. The van der Waals surface area contributed by atoms with Gasteiger partial charge in [0.15, 0.2) is 5.13 Å². The number of thiophene rings is 1. The maximum atomic E-state index is 13.0. The van der Waals surface area contributed by atoms with Gasteiger partial charge in [-0.2, -0.15) is 0 Å². The highest BCUT2D eigenvalue weighted by Gasteiger charge is 2.22. The van der Waals surface area contributed by atoms with Crippen LogP contribution in [0, 0.1) is 13.8 Å². The molecule has 140 valence electrons. The number of aryl methyl sites for hydroxylation is 2. The van der Waals surface area contributed by atoms with Crippen LogP contribution in [0.15, 0.2) is 29.6 Å². The predicted molar refractivity (Wildman–Crippen MR) is 116 cm³/mol. The molecule has 0 N–H and O–H groups in total. The van der Waals surface area contributed by atoms with E-state index in [9.17, 15) is 4.79 Å². The number of thiazole rings is 1. The molecule has 26 heavy (non-hydrogen) atoms. The topological polar surface area (TPSA) is 36.4 Å². The van der Waals surface area contributed by atoms with Crippen molar-refractivity contribution in [3.05, 3.63) is 45.6 Å². The van der Waals surface area contributed by atoms with Crippen molar-refractivity contribution in [3.63, 3.8) is 0 Å². The van der Waals surface area contributed by atoms with Crippen molar-refractivity contribution in [3.8, 4) is 0 Å². The minimum Gasteiger partial charge on any atom is -0.309 e. The molecule has 2 heterocycles. The maximum Gasteiger partial charge on any atom is 0.270 e. The molecule has 1 amide bonds. The number of rotatable bonds is 6. The number of nitrogens with zero attached hydrogens (tertiary/aromatic N) is 3. The second kappa shape index (κ2) is 8.95. The molecule has 0 unspecified atom stereocenters. The largest absolute Gasteiger partial charge is 0.309 e. The summed E-state index contributed by atoms with van der Waals surface area (Å²) >= 11 is 3.08. The summed E-state index contributed by atoms with van der Waals surface area (Å²) < 4.78 is 1.13. The molecule has 0 aliphatic heterocycles. The molecular formula is C19H24ClN3OS2. The highest BCUT2D eigenvalue weighted by molar-refractivity contribution is 7.22. The van der Waals surface area contributed by atoms with E-state index in [2.05, 4.69) is 45.0 Å². The fourth-order valence-corrected chi connectivity index (χ4v) is 4.39. The summed E-state index contributed by atoms with van der Waals surface area (Å²) in [6, 6.07) is 8.08. The highest BCUT2D eigenvalue weighted by Crippen LogP contribution is 2.32. The third-order valence-electron chi connectivity index (χ3n) is 4.19. The first-order chi connectivity index (χ1) is 12.0. The van der Waals surface area contributed by atoms with Crippen LogP contribution in [0.3, 0.4) is 0 Å². The number of carbonyl (C=O) groups excluding carboxylic acids is 1. The summed E-state index contributed by atoms with van der Waals surface area (Å²) in [5, 5.41) is 2.73. The summed E-state index contributed by atoms with van der Waals surface area (Å²) in [4.78, 5) is 22.5. The number of anilines is 1. The lowest BCUT2D eigenvalue weighted by atomic mass is 10.1. The molecule has 0 aliphatic rings. The van der Waals surface area contributed by atoms with Crippen LogP contribution >= 0.6 is 35.1 Å². The van der Waals surface area contributed by atoms with E-state index in [1.165, 1.54) is 22.5 Å². The van der Waals surface area contributed by atoms with Crippen LogP contribution in [0.2, 0.25) is 0 Å². The van der Waals surface area contributed by atoms with Crippen molar-refractivity contribution in [2.75, 3.05) is 32.1 Å². The Bertz CT molecular complexity index is 835. The molecule has 0 bridgehead atoms. The third kappa shape index (κ3) is 4.62. The number of fused-ring (bicyclic) bond motifs is 1. The summed E-state index contributed by atoms with van der Waals surface area (Å²) in [5.74, 6) is 0.0428. The Morgan fingerprint density at radius 3 is 2.54 bits per heavy atom. The Hall–Kier alpha value is -1.47. The zero-order chi connectivity index (χ0) is 18.0. The Morgan fingerprint density at radius 1 is 1.15 bits per heavy atom. The van der Waals surface area contributed by atoms with Gasteiger partial charge in [0.1, 0.15) is 0 Å². The second-order valence-corrected chi connectivity index (χ2v) is 8.45. The van der Waals surface area contributed by atoms with Crippen LogP contribution in [0.5, 0.6) is 0 Å². The van der Waals surface area contributed by atoms with Crippen molar-refractivity contribution < 1.29 is 4.79 Å². The van der Waals surface area contributed by atoms with E-state index < -0.39 is 0 Å². The minimum absolute atomic E-state index is 0. The smallest absolute Gasteiger partial charge is 0.270 e. The minimum atomic E-state index is 0. The summed E-state index contributed by atoms with van der Waals surface area (Å²) in [5.41, 5.74) is 3.46. The number of carbonyl (C=O) groups is 1. The summed E-state index contributed by atoms with van der Waals surface area (Å²) in [6.07, 6.45) is 0.915. The van der Waals surface area contributed by atoms with Crippen molar-refractivity contribution in [2.45, 2.75) is 20.3 Å². The fraction of sp³-hybridized carbons (Fsp3) is 0.368. The molecule has 1 aromatic carbocycles. The summed E-state index contributed by atoms with van der Waals surface area (Å²) in [6.45, 7) is 5.82. The number of aromatic nitrogens is 1. The second-order valence-electron chi connectivity index (χ2n) is 6.49. The van der Waals surface area contributed by atoms with E-state index in [1.807, 2.05) is 22.4 Å². The van der Waals surface area contributed by atoms with Gasteiger partial charge in [-0.1, -0.05) is 17.4 Å². The van der Waals surface area contributed by atoms with E-state index in [-0.39, 0.29) is 18.3 Å². The fourth-order valence-electron chi connectivity index (χ4n) is 2.65. The van der Waals surface area contributed by atoms with E-state index in [1.54, 1.807) is 11.3 Å². The van der Waals surface area contributed by atoms with E-state index >= 15 is 0 Å². The number of benzene rings is 1. The molecule has 0 saturated heterocycles. The van der Waals surface area contributed by atoms with E-state index in [0.717, 1.165) is 33.2 Å². The maximum absolute atomic E-state index is 13.0. The zero-order valence-electron chi connectivity index (χ0n) is 15.5. The van der Waals surface area contributed by atoms with Gasteiger partial charge >= 0.3 is 0 Å². The van der Waals surface area contributed by atoms with Crippen LogP contribution in [-0.4, -0.2) is 43.0 Å². The molecule has 0 spiro atoms. The van der Waals surface area contributed by atoms with Gasteiger partial charge in [0.2, 0.25) is 0 Å². The number of halogens is 1. The monoisotopic (exact) mass is 409 g/mol. The lowest BCUT2D eigenvalue weighted by molar-refractivity contribution is 0.0990. The zero-order valence-corrected chi connectivity index (χ0v) is 17.9. The van der Waals surface area contributed by atoms with E-state index in [0.29, 0.717) is 6.54 Å². The molecule has 3 rings (SSSR count). The first-order valence-corrected chi connectivity index (χ1v) is 10.0.